The second kappa shape index (κ2) is 3.35. The van der Waals surface area contributed by atoms with E-state index in [-0.39, 0.29) is 7.43 Å². The molecule has 1 aromatic rings. The maximum Gasteiger partial charge on any atom is 0.326 e. The van der Waals surface area contributed by atoms with E-state index in [2.05, 4.69) is 6.92 Å². The van der Waals surface area contributed by atoms with Gasteiger partial charge in [-0.2, -0.15) is 0 Å². The van der Waals surface area contributed by atoms with E-state index in [1.54, 1.807) is 0 Å². The summed E-state index contributed by atoms with van der Waals surface area (Å²) in [6.07, 6.45) is 0. The second-order valence-corrected chi connectivity index (χ2v) is 2.36. The summed E-state index contributed by atoms with van der Waals surface area (Å²) in [4.78, 5) is 0. The minimum Gasteiger partial charge on any atom is -0.218 e. The van der Waals surface area contributed by atoms with Crippen LogP contribution in [-0.2, 0) is 0 Å². The van der Waals surface area contributed by atoms with Crippen LogP contribution in [-0.4, -0.2) is 0 Å². The normalized spacial score (nSPS) is 8.70. The highest BCUT2D eigenvalue weighted by Crippen LogP contribution is 2.06. The summed E-state index contributed by atoms with van der Waals surface area (Å²) < 4.78 is 5.26. The Morgan fingerprint density at radius 3 is 1.70 bits per heavy atom. The highest BCUT2D eigenvalue weighted by molar-refractivity contribution is 5.14. The fourth-order valence-electron chi connectivity index (χ4n) is 0.996. The van der Waals surface area contributed by atoms with E-state index < -0.39 is 0 Å². The number of hydrogen-bond donors (Lipinski definition) is 0. The molecular formula is C9H15O+. The van der Waals surface area contributed by atoms with Crippen LogP contribution in [0.25, 0.3) is 0 Å². The lowest BCUT2D eigenvalue weighted by atomic mass is 10.2. The molecule has 1 heteroatoms. The van der Waals surface area contributed by atoms with Crippen LogP contribution in [0, 0.1) is 20.8 Å². The molecule has 0 amide bonds. The average Bonchev–Trinajstić information content (AvgIpc) is 1.59. The van der Waals surface area contributed by atoms with Crippen molar-refractivity contribution in [2.45, 2.75) is 28.2 Å². The van der Waals surface area contributed by atoms with Crippen LogP contribution in [0.3, 0.4) is 0 Å². The third-order valence-corrected chi connectivity index (χ3v) is 1.18. The lowest BCUT2D eigenvalue weighted by Gasteiger charge is -1.84. The molecule has 56 valence electrons. The van der Waals surface area contributed by atoms with Crippen LogP contribution < -0.4 is 0 Å². The molecule has 0 aliphatic heterocycles. The second-order valence-electron chi connectivity index (χ2n) is 2.36. The molecule has 0 spiro atoms. The third-order valence-electron chi connectivity index (χ3n) is 1.18. The van der Waals surface area contributed by atoms with Gasteiger partial charge < -0.3 is 0 Å². The van der Waals surface area contributed by atoms with E-state index in [4.69, 9.17) is 4.42 Å². The van der Waals surface area contributed by atoms with Crippen molar-refractivity contribution in [3.05, 3.63) is 29.2 Å². The fraction of sp³-hybridized carbons (Fsp3) is 0.444. The predicted octanol–water partition coefficient (Wildman–Crippen LogP) is 3.12. The summed E-state index contributed by atoms with van der Waals surface area (Å²) in [6.45, 7) is 5.98. The average molecular weight is 139 g/mol. The van der Waals surface area contributed by atoms with Gasteiger partial charge in [0, 0.05) is 12.1 Å². The summed E-state index contributed by atoms with van der Waals surface area (Å²) in [6, 6.07) is 4.04. The Labute approximate surface area is 62.7 Å². The zero-order valence-corrected chi connectivity index (χ0v) is 6.06. The van der Waals surface area contributed by atoms with Crippen molar-refractivity contribution in [3.8, 4) is 0 Å². The van der Waals surface area contributed by atoms with Crippen LogP contribution in [0.5, 0.6) is 0 Å². The molecular weight excluding hydrogens is 124 g/mol. The van der Waals surface area contributed by atoms with Gasteiger partial charge in [0.25, 0.3) is 0 Å². The molecule has 0 bridgehead atoms. The van der Waals surface area contributed by atoms with Crippen molar-refractivity contribution in [1.29, 1.82) is 0 Å². The van der Waals surface area contributed by atoms with E-state index in [1.807, 2.05) is 26.0 Å². The van der Waals surface area contributed by atoms with Crippen LogP contribution in [0.1, 0.15) is 24.5 Å². The standard InChI is InChI=1S/C8H11O.CH4/c1-6-4-7(2)9-8(3)5-6;/h4-5H,1-3H3;1H4/q+1;. The summed E-state index contributed by atoms with van der Waals surface area (Å²) in [5, 5.41) is 0. The molecule has 0 radical (unpaired) electrons. The smallest absolute Gasteiger partial charge is 0.218 e. The molecule has 0 unspecified atom stereocenters. The first-order valence-corrected chi connectivity index (χ1v) is 3.06. The molecule has 1 heterocycles. The first-order valence-electron chi connectivity index (χ1n) is 3.06. The molecule has 1 nitrogen and oxygen atoms in total. The van der Waals surface area contributed by atoms with Gasteiger partial charge in [-0.15, -0.1) is 0 Å². The largest absolute Gasteiger partial charge is 0.326 e. The lowest BCUT2D eigenvalue weighted by Crippen LogP contribution is -1.78. The molecule has 0 aliphatic rings. The molecule has 0 atom stereocenters. The maximum absolute atomic E-state index is 5.26. The quantitative estimate of drug-likeness (QED) is 0.502. The zero-order chi connectivity index (χ0) is 6.85. The van der Waals surface area contributed by atoms with E-state index in [0.29, 0.717) is 0 Å². The van der Waals surface area contributed by atoms with Gasteiger partial charge in [-0.05, 0) is 12.5 Å². The predicted molar refractivity (Wildman–Crippen MR) is 44.1 cm³/mol. The van der Waals surface area contributed by atoms with Crippen LogP contribution in [0.15, 0.2) is 16.5 Å². The van der Waals surface area contributed by atoms with Gasteiger partial charge in [0.1, 0.15) is 0 Å². The molecule has 0 fully saturated rings. The first-order chi connectivity index (χ1) is 4.18. The van der Waals surface area contributed by atoms with Gasteiger partial charge in [-0.1, -0.05) is 7.43 Å². The fourth-order valence-corrected chi connectivity index (χ4v) is 0.996. The first kappa shape index (κ1) is 9.15. The molecule has 1 aromatic heterocycles. The Morgan fingerprint density at radius 2 is 1.40 bits per heavy atom. The Hall–Kier alpha value is -0.850. The van der Waals surface area contributed by atoms with Gasteiger partial charge in [0.05, 0.1) is 13.8 Å². The van der Waals surface area contributed by atoms with Crippen molar-refractivity contribution in [3.63, 3.8) is 0 Å². The Kier molecular flexibility index (Phi) is 3.07. The van der Waals surface area contributed by atoms with E-state index in [1.165, 1.54) is 5.56 Å². The van der Waals surface area contributed by atoms with Gasteiger partial charge in [0.15, 0.2) is 0 Å². The van der Waals surface area contributed by atoms with E-state index in [9.17, 15) is 0 Å². The highest BCUT2D eigenvalue weighted by atomic mass is 16.3. The van der Waals surface area contributed by atoms with Crippen LogP contribution >= 0.6 is 0 Å². The van der Waals surface area contributed by atoms with Gasteiger partial charge >= 0.3 is 11.5 Å². The molecule has 1 rings (SSSR count). The zero-order valence-electron chi connectivity index (χ0n) is 6.06. The number of hydrogen-bond acceptors (Lipinski definition) is 0. The molecule has 0 aromatic carbocycles. The van der Waals surface area contributed by atoms with Gasteiger partial charge in [-0.25, -0.2) is 4.42 Å². The van der Waals surface area contributed by atoms with Crippen molar-refractivity contribution < 1.29 is 4.42 Å². The van der Waals surface area contributed by atoms with Crippen molar-refractivity contribution in [2.75, 3.05) is 0 Å². The number of rotatable bonds is 0. The van der Waals surface area contributed by atoms with Crippen LogP contribution in [0.2, 0.25) is 0 Å². The van der Waals surface area contributed by atoms with E-state index >= 15 is 0 Å². The monoisotopic (exact) mass is 139 g/mol. The topological polar surface area (TPSA) is 11.3 Å². The minimum atomic E-state index is 0. The summed E-state index contributed by atoms with van der Waals surface area (Å²) in [5.41, 5.74) is 1.26. The molecule has 0 aliphatic carbocycles. The number of aryl methyl sites for hydroxylation is 3. The Morgan fingerprint density at radius 1 is 1.00 bits per heavy atom. The van der Waals surface area contributed by atoms with Gasteiger partial charge in [0.2, 0.25) is 0 Å². The van der Waals surface area contributed by atoms with Crippen LogP contribution in [0.4, 0.5) is 0 Å². The highest BCUT2D eigenvalue weighted by Gasteiger charge is 2.03. The summed E-state index contributed by atoms with van der Waals surface area (Å²) in [7, 11) is 0. The SMILES string of the molecule is C.Cc1cc(C)[o+]c(C)c1. The molecule has 0 N–H and O–H groups in total. The van der Waals surface area contributed by atoms with Crippen molar-refractivity contribution in [2.24, 2.45) is 0 Å². The van der Waals surface area contributed by atoms with Crippen molar-refractivity contribution in [1.82, 2.24) is 0 Å². The molecule has 10 heavy (non-hydrogen) atoms. The maximum atomic E-state index is 5.26. The summed E-state index contributed by atoms with van der Waals surface area (Å²) >= 11 is 0. The summed E-state index contributed by atoms with van der Waals surface area (Å²) in [5.74, 6) is 1.96. The molecule has 0 saturated heterocycles. The minimum absolute atomic E-state index is 0. The third kappa shape index (κ3) is 2.18. The van der Waals surface area contributed by atoms with E-state index in [0.717, 1.165) is 11.5 Å². The Balaban J connectivity index is 0.000000810. The van der Waals surface area contributed by atoms with Crippen molar-refractivity contribution >= 4 is 0 Å². The van der Waals surface area contributed by atoms with Gasteiger partial charge in [-0.3, -0.25) is 0 Å². The lowest BCUT2D eigenvalue weighted by molar-refractivity contribution is 0.484. The Bertz CT molecular complexity index is 165. The molecule has 0 saturated carbocycles.